The average molecular weight is 483 g/mol. The van der Waals surface area contributed by atoms with E-state index in [1.165, 1.54) is 16.0 Å². The number of nitrogens with one attached hydrogen (secondary N) is 1. The van der Waals surface area contributed by atoms with Crippen LogP contribution in [0.2, 0.25) is 0 Å². The van der Waals surface area contributed by atoms with Crippen molar-refractivity contribution in [2.75, 3.05) is 30.0 Å². The highest BCUT2D eigenvalue weighted by Gasteiger charge is 2.47. The molecule has 5 rings (SSSR count). The number of unbranched alkanes of at least 4 members (excludes halogenated alkanes) is 3. The second-order valence-corrected chi connectivity index (χ2v) is 9.71. The minimum Gasteiger partial charge on any atom is -0.308 e. The van der Waals surface area contributed by atoms with Gasteiger partial charge in [-0.15, -0.1) is 0 Å². The van der Waals surface area contributed by atoms with Crippen LogP contribution in [0.25, 0.3) is 5.57 Å². The van der Waals surface area contributed by atoms with Crippen LogP contribution in [0.15, 0.2) is 34.1 Å². The molecule has 34 heavy (non-hydrogen) atoms. The van der Waals surface area contributed by atoms with Crippen molar-refractivity contribution < 1.29 is 9.59 Å². The topological polar surface area (TPSA) is 90.2 Å². The van der Waals surface area contributed by atoms with Crippen LogP contribution in [0.4, 0.5) is 10.5 Å². The van der Waals surface area contributed by atoms with Crippen LogP contribution in [0, 0.1) is 0 Å². The van der Waals surface area contributed by atoms with Crippen molar-refractivity contribution in [2.45, 2.75) is 58.8 Å². The third-order valence-electron chi connectivity index (χ3n) is 6.78. The number of anilines is 1. The molecular weight excluding hydrogens is 452 g/mol. The van der Waals surface area contributed by atoms with Gasteiger partial charge in [0.25, 0.3) is 11.5 Å². The molecule has 3 amide bonds. The number of amides is 3. The number of aromatic nitrogens is 1. The number of hydrogen-bond donors (Lipinski definition) is 1. The van der Waals surface area contributed by atoms with Gasteiger partial charge in [-0.1, -0.05) is 55.7 Å². The molecule has 4 heterocycles. The van der Waals surface area contributed by atoms with Crippen molar-refractivity contribution in [3.8, 4) is 0 Å². The fraction of sp³-hybridized carbons (Fsp3) is 0.500. The molecule has 1 saturated heterocycles. The van der Waals surface area contributed by atoms with E-state index in [2.05, 4.69) is 12.3 Å². The second kappa shape index (κ2) is 8.90. The van der Waals surface area contributed by atoms with Gasteiger partial charge in [-0.25, -0.2) is 9.79 Å². The normalized spacial score (nSPS) is 22.5. The van der Waals surface area contributed by atoms with E-state index >= 15 is 0 Å². The maximum atomic E-state index is 13.6. The Morgan fingerprint density at radius 1 is 1.00 bits per heavy atom. The number of para-hydroxylation sites is 1. The zero-order valence-electron chi connectivity index (χ0n) is 19.8. The average Bonchev–Trinajstić information content (AvgIpc) is 3.40. The lowest BCUT2D eigenvalue weighted by Gasteiger charge is -2.28. The second-order valence-electron chi connectivity index (χ2n) is 8.74. The summed E-state index contributed by atoms with van der Waals surface area (Å²) in [5, 5.41) is 0. The summed E-state index contributed by atoms with van der Waals surface area (Å²) in [4.78, 5) is 50.3. The molecule has 0 radical (unpaired) electrons. The number of nitrogens with zero attached hydrogens (tertiary/aromatic N) is 5. The fourth-order valence-electron chi connectivity index (χ4n) is 5.05. The lowest BCUT2D eigenvalue weighted by atomic mass is 10.1. The summed E-state index contributed by atoms with van der Waals surface area (Å²) in [7, 11) is 0. The van der Waals surface area contributed by atoms with Gasteiger partial charge in [-0.3, -0.25) is 24.8 Å². The standard InChI is InChI=1S/C24H30N6O3S/c1-4-7-8-11-14-29-16-13-10-9-12-15(16)17(21(29)31)18-22(32)30-23(34-18)25-19-20(26-30)28(6-3)24(33)27(19)5-2/h9-10,12-13,19-20,26H,4-8,11,14H2,1-3H3/b18-17-. The van der Waals surface area contributed by atoms with E-state index in [1.54, 1.807) is 14.7 Å². The maximum absolute atomic E-state index is 13.6. The number of urea groups is 1. The van der Waals surface area contributed by atoms with Gasteiger partial charge in [0.1, 0.15) is 4.53 Å². The van der Waals surface area contributed by atoms with Crippen LogP contribution >= 0.6 is 11.3 Å². The molecule has 3 aliphatic heterocycles. The fourth-order valence-corrected chi connectivity index (χ4v) is 6.10. The summed E-state index contributed by atoms with van der Waals surface area (Å²) < 4.78 is 1.79. The number of benzene rings is 1. The monoisotopic (exact) mass is 482 g/mol. The number of carbonyl (C=O) groups excluding carboxylic acids is 2. The van der Waals surface area contributed by atoms with Gasteiger partial charge in [0.2, 0.25) is 4.80 Å². The van der Waals surface area contributed by atoms with Crippen LogP contribution in [0.5, 0.6) is 0 Å². The van der Waals surface area contributed by atoms with E-state index in [-0.39, 0.29) is 17.5 Å². The van der Waals surface area contributed by atoms with Crippen LogP contribution < -0.4 is 25.2 Å². The Kier molecular flexibility index (Phi) is 5.93. The predicted molar refractivity (Wildman–Crippen MR) is 132 cm³/mol. The molecule has 0 aliphatic carbocycles. The largest absolute Gasteiger partial charge is 0.323 e. The summed E-state index contributed by atoms with van der Waals surface area (Å²) in [5.74, 6) is -0.130. The number of likely N-dealkylation sites (N-methyl/N-ethyl adjacent to an activating group) is 2. The van der Waals surface area contributed by atoms with E-state index in [0.717, 1.165) is 36.9 Å². The van der Waals surface area contributed by atoms with Gasteiger partial charge in [-0.2, -0.15) is 4.68 Å². The van der Waals surface area contributed by atoms with Gasteiger partial charge < -0.3 is 4.90 Å². The van der Waals surface area contributed by atoms with Gasteiger partial charge in [0.05, 0.1) is 11.3 Å². The number of thiazole rings is 1. The predicted octanol–water partition coefficient (Wildman–Crippen LogP) is 1.64. The summed E-state index contributed by atoms with van der Waals surface area (Å²) >= 11 is 1.21. The number of fused-ring (bicyclic) bond motifs is 3. The van der Waals surface area contributed by atoms with Crippen LogP contribution in [-0.4, -0.2) is 58.4 Å². The van der Waals surface area contributed by atoms with Gasteiger partial charge in [-0.05, 0) is 26.3 Å². The first kappa shape index (κ1) is 22.6. The van der Waals surface area contributed by atoms with Gasteiger partial charge >= 0.3 is 6.03 Å². The molecule has 1 aromatic heterocycles. The van der Waals surface area contributed by atoms with E-state index in [9.17, 15) is 14.4 Å². The first-order valence-corrected chi connectivity index (χ1v) is 12.9. The molecule has 1 aromatic carbocycles. The van der Waals surface area contributed by atoms with Gasteiger partial charge in [0, 0.05) is 25.2 Å². The Morgan fingerprint density at radius 3 is 2.50 bits per heavy atom. The molecule has 1 N–H and O–H groups in total. The van der Waals surface area contributed by atoms with Crippen LogP contribution in [0.3, 0.4) is 0 Å². The van der Waals surface area contributed by atoms with Crippen molar-refractivity contribution in [1.82, 2.24) is 14.5 Å². The molecule has 180 valence electrons. The minimum atomic E-state index is -0.420. The van der Waals surface area contributed by atoms with Gasteiger partial charge in [0.15, 0.2) is 12.3 Å². The van der Waals surface area contributed by atoms with E-state index < -0.39 is 12.3 Å². The summed E-state index contributed by atoms with van der Waals surface area (Å²) in [5.41, 5.74) is 5.01. The Bertz CT molecular complexity index is 1310. The first-order valence-electron chi connectivity index (χ1n) is 12.1. The summed E-state index contributed by atoms with van der Waals surface area (Å²) in [6.07, 6.45) is 3.44. The lowest BCUT2D eigenvalue weighted by Crippen LogP contribution is -2.55. The van der Waals surface area contributed by atoms with Crippen molar-refractivity contribution in [3.05, 3.63) is 49.5 Å². The Hall–Kier alpha value is -3.14. The van der Waals surface area contributed by atoms with Crippen LogP contribution in [0.1, 0.15) is 52.0 Å². The highest BCUT2D eigenvalue weighted by molar-refractivity contribution is 7.07. The molecule has 10 heteroatoms. The van der Waals surface area contributed by atoms with E-state index in [1.807, 2.05) is 38.1 Å². The van der Waals surface area contributed by atoms with E-state index in [4.69, 9.17) is 4.99 Å². The zero-order valence-corrected chi connectivity index (χ0v) is 20.6. The van der Waals surface area contributed by atoms with Crippen molar-refractivity contribution >= 4 is 34.5 Å². The highest BCUT2D eigenvalue weighted by atomic mass is 32.1. The Labute approximate surface area is 202 Å². The number of carbonyl (C=O) groups is 2. The van der Waals surface area contributed by atoms with Crippen molar-refractivity contribution in [1.29, 1.82) is 0 Å². The third-order valence-corrected chi connectivity index (χ3v) is 7.84. The molecule has 2 atom stereocenters. The first-order chi connectivity index (χ1) is 16.5. The molecular formula is C24H30N6O3S. The van der Waals surface area contributed by atoms with E-state index in [0.29, 0.717) is 34.5 Å². The maximum Gasteiger partial charge on any atom is 0.323 e. The quantitative estimate of drug-likeness (QED) is 0.608. The molecule has 0 saturated carbocycles. The number of hydrogen-bond acceptors (Lipinski definition) is 6. The zero-order chi connectivity index (χ0) is 24.0. The molecule has 0 spiro atoms. The van der Waals surface area contributed by atoms with Crippen LogP contribution in [-0.2, 0) is 4.79 Å². The molecule has 2 unspecified atom stereocenters. The Balaban J connectivity index is 1.61. The summed E-state index contributed by atoms with van der Waals surface area (Å²) in [6, 6.07) is 7.59. The third kappa shape index (κ3) is 3.34. The SMILES string of the molecule is CCCCCCN1C(=O)/C(=c2\sc3n(c2=O)NC2C(N=3)N(CC)C(=O)N2CC)c2ccccc21. The molecule has 1 fully saturated rings. The lowest BCUT2D eigenvalue weighted by molar-refractivity contribution is -0.113. The molecule has 3 aliphatic rings. The van der Waals surface area contributed by atoms with Crippen molar-refractivity contribution in [2.24, 2.45) is 4.99 Å². The smallest absolute Gasteiger partial charge is 0.308 e. The molecule has 9 nitrogen and oxygen atoms in total. The van der Waals surface area contributed by atoms with Crippen molar-refractivity contribution in [3.63, 3.8) is 0 Å². The molecule has 2 aromatic rings. The highest BCUT2D eigenvalue weighted by Crippen LogP contribution is 2.35. The Morgan fingerprint density at radius 2 is 1.76 bits per heavy atom. The molecule has 0 bridgehead atoms. The minimum absolute atomic E-state index is 0.0901. The summed E-state index contributed by atoms with van der Waals surface area (Å²) in [6.45, 7) is 7.67. The number of rotatable bonds is 7.